The monoisotopic (exact) mass is 455 g/mol. The second-order valence-corrected chi connectivity index (χ2v) is 8.48. The minimum absolute atomic E-state index is 0.100. The van der Waals surface area contributed by atoms with E-state index in [0.29, 0.717) is 29.5 Å². The molecule has 1 aromatic carbocycles. The Kier molecular flexibility index (Phi) is 6.08. The van der Waals surface area contributed by atoms with Crippen LogP contribution in [0.2, 0.25) is 5.02 Å². The van der Waals surface area contributed by atoms with Gasteiger partial charge >= 0.3 is 5.69 Å². The van der Waals surface area contributed by atoms with Gasteiger partial charge in [0.05, 0.1) is 17.3 Å². The number of aliphatic hydroxyl groups excluding tert-OH is 1. The minimum atomic E-state index is -0.400. The number of halogens is 1. The molecule has 1 N–H and O–H groups in total. The highest BCUT2D eigenvalue weighted by Gasteiger charge is 2.40. The molecule has 1 aliphatic heterocycles. The molecule has 0 bridgehead atoms. The van der Waals surface area contributed by atoms with Crippen LogP contribution in [0.5, 0.6) is 0 Å². The SMILES string of the molecule is Cc1ccc(C2N(C)c3c(c(=O)n(CCCO)c(=O)n3C)N2Cc2ccc(Cl)cn2)cc1. The van der Waals surface area contributed by atoms with E-state index in [1.54, 1.807) is 19.3 Å². The van der Waals surface area contributed by atoms with E-state index in [-0.39, 0.29) is 24.9 Å². The first kappa shape index (κ1) is 22.1. The van der Waals surface area contributed by atoms with Crippen molar-refractivity contribution in [3.05, 3.63) is 85.3 Å². The summed E-state index contributed by atoms with van der Waals surface area (Å²) >= 11 is 6.01. The van der Waals surface area contributed by atoms with Crippen molar-refractivity contribution in [3.8, 4) is 0 Å². The van der Waals surface area contributed by atoms with E-state index in [9.17, 15) is 14.7 Å². The Morgan fingerprint density at radius 2 is 1.81 bits per heavy atom. The van der Waals surface area contributed by atoms with Gasteiger partial charge in [-0.1, -0.05) is 41.4 Å². The highest BCUT2D eigenvalue weighted by molar-refractivity contribution is 6.30. The molecule has 4 rings (SSSR count). The van der Waals surface area contributed by atoms with E-state index in [4.69, 9.17) is 11.6 Å². The first-order valence-corrected chi connectivity index (χ1v) is 10.8. The zero-order valence-corrected chi connectivity index (χ0v) is 19.1. The topological polar surface area (TPSA) is 83.6 Å². The molecule has 168 valence electrons. The lowest BCUT2D eigenvalue weighted by molar-refractivity contribution is 0.277. The van der Waals surface area contributed by atoms with Gasteiger partial charge in [-0.15, -0.1) is 0 Å². The summed E-state index contributed by atoms with van der Waals surface area (Å²) in [5.41, 5.74) is 2.56. The summed E-state index contributed by atoms with van der Waals surface area (Å²) in [6.45, 7) is 2.44. The summed E-state index contributed by atoms with van der Waals surface area (Å²) in [4.78, 5) is 34.8. The van der Waals surface area contributed by atoms with Crippen molar-refractivity contribution in [2.24, 2.45) is 7.05 Å². The Balaban J connectivity index is 1.91. The number of fused-ring (bicyclic) bond motifs is 1. The Morgan fingerprint density at radius 1 is 1.09 bits per heavy atom. The molecule has 3 heterocycles. The summed E-state index contributed by atoms with van der Waals surface area (Å²) in [5.74, 6) is 0.555. The average Bonchev–Trinajstić information content (AvgIpc) is 3.06. The Hall–Kier alpha value is -3.10. The molecule has 8 nitrogen and oxygen atoms in total. The van der Waals surface area contributed by atoms with Crippen LogP contribution < -0.4 is 21.0 Å². The highest BCUT2D eigenvalue weighted by Crippen LogP contribution is 2.43. The molecule has 3 aromatic rings. The van der Waals surface area contributed by atoms with Crippen molar-refractivity contribution in [1.82, 2.24) is 14.1 Å². The number of aliphatic hydroxyl groups is 1. The predicted molar refractivity (Wildman–Crippen MR) is 125 cm³/mol. The van der Waals surface area contributed by atoms with Crippen molar-refractivity contribution in [3.63, 3.8) is 0 Å². The molecule has 1 aliphatic rings. The van der Waals surface area contributed by atoms with E-state index in [1.807, 2.05) is 54.1 Å². The van der Waals surface area contributed by atoms with Crippen molar-refractivity contribution in [1.29, 1.82) is 0 Å². The average molecular weight is 456 g/mol. The van der Waals surface area contributed by atoms with Gasteiger partial charge in [0, 0.05) is 33.4 Å². The lowest BCUT2D eigenvalue weighted by Gasteiger charge is -2.30. The van der Waals surface area contributed by atoms with Gasteiger partial charge in [0.1, 0.15) is 17.7 Å². The fourth-order valence-electron chi connectivity index (χ4n) is 4.25. The van der Waals surface area contributed by atoms with Crippen molar-refractivity contribution in [2.45, 2.75) is 32.6 Å². The first-order chi connectivity index (χ1) is 15.3. The first-order valence-electron chi connectivity index (χ1n) is 10.4. The van der Waals surface area contributed by atoms with Gasteiger partial charge in [-0.3, -0.25) is 18.9 Å². The maximum atomic E-state index is 13.5. The lowest BCUT2D eigenvalue weighted by Crippen LogP contribution is -2.41. The van der Waals surface area contributed by atoms with Gasteiger partial charge in [0.15, 0.2) is 0 Å². The van der Waals surface area contributed by atoms with E-state index in [1.165, 1.54) is 9.13 Å². The van der Waals surface area contributed by atoms with Gasteiger partial charge < -0.3 is 14.9 Å². The second kappa shape index (κ2) is 8.80. The smallest absolute Gasteiger partial charge is 0.332 e. The number of benzene rings is 1. The lowest BCUT2D eigenvalue weighted by atomic mass is 10.1. The van der Waals surface area contributed by atoms with Crippen LogP contribution in [0.1, 0.15) is 29.4 Å². The molecule has 0 aliphatic carbocycles. The van der Waals surface area contributed by atoms with Crippen molar-refractivity contribution >= 4 is 23.1 Å². The molecule has 0 saturated heterocycles. The molecule has 0 saturated carbocycles. The number of aromatic nitrogens is 3. The quantitative estimate of drug-likeness (QED) is 0.614. The Bertz CT molecular complexity index is 1230. The third kappa shape index (κ3) is 3.80. The second-order valence-electron chi connectivity index (χ2n) is 8.04. The van der Waals surface area contributed by atoms with Crippen molar-refractivity contribution < 1.29 is 5.11 Å². The fraction of sp³-hybridized carbons (Fsp3) is 0.348. The number of anilines is 2. The predicted octanol–water partition coefficient (Wildman–Crippen LogP) is 2.44. The summed E-state index contributed by atoms with van der Waals surface area (Å²) in [5, 5.41) is 9.77. The zero-order valence-electron chi connectivity index (χ0n) is 18.3. The molecular weight excluding hydrogens is 430 g/mol. The third-order valence-electron chi connectivity index (χ3n) is 5.81. The number of aryl methyl sites for hydroxylation is 1. The van der Waals surface area contributed by atoms with Crippen LogP contribution in [0.4, 0.5) is 11.5 Å². The molecule has 0 fully saturated rings. The third-order valence-corrected chi connectivity index (χ3v) is 6.04. The largest absolute Gasteiger partial charge is 0.396 e. The zero-order chi connectivity index (χ0) is 23.0. The van der Waals surface area contributed by atoms with Gasteiger partial charge in [-0.2, -0.15) is 0 Å². The maximum Gasteiger partial charge on any atom is 0.332 e. The number of rotatable bonds is 6. The summed E-state index contributed by atoms with van der Waals surface area (Å²) in [6, 6.07) is 11.7. The molecule has 9 heteroatoms. The van der Waals surface area contributed by atoms with E-state index < -0.39 is 5.69 Å². The van der Waals surface area contributed by atoms with Crippen LogP contribution in [0.25, 0.3) is 0 Å². The molecule has 1 unspecified atom stereocenters. The molecular formula is C23H26ClN5O3. The molecule has 0 radical (unpaired) electrons. The number of hydrogen-bond donors (Lipinski definition) is 1. The van der Waals surface area contributed by atoms with Crippen LogP contribution in [0.15, 0.2) is 52.2 Å². The van der Waals surface area contributed by atoms with Crippen LogP contribution in [0, 0.1) is 6.92 Å². The summed E-state index contributed by atoms with van der Waals surface area (Å²) < 4.78 is 2.70. The highest BCUT2D eigenvalue weighted by atomic mass is 35.5. The Morgan fingerprint density at radius 3 is 2.44 bits per heavy atom. The molecule has 0 spiro atoms. The molecule has 1 atom stereocenters. The van der Waals surface area contributed by atoms with Crippen LogP contribution in [0.3, 0.4) is 0 Å². The van der Waals surface area contributed by atoms with Gasteiger partial charge in [-0.05, 0) is 31.0 Å². The number of hydrogen-bond acceptors (Lipinski definition) is 6. The van der Waals surface area contributed by atoms with E-state index >= 15 is 0 Å². The molecule has 0 amide bonds. The maximum absolute atomic E-state index is 13.5. The van der Waals surface area contributed by atoms with Gasteiger partial charge in [-0.25, -0.2) is 4.79 Å². The van der Waals surface area contributed by atoms with Crippen LogP contribution in [-0.4, -0.2) is 32.9 Å². The van der Waals surface area contributed by atoms with Gasteiger partial charge in [0.25, 0.3) is 5.56 Å². The van der Waals surface area contributed by atoms with Gasteiger partial charge in [0.2, 0.25) is 0 Å². The number of nitrogens with zero attached hydrogens (tertiary/aromatic N) is 5. The Labute approximate surface area is 190 Å². The number of pyridine rings is 1. The standard InChI is InChI=1S/C23H26ClN5O3/c1-15-5-7-16(8-6-15)20-26(2)21-19(29(20)14-18-10-9-17(24)13-25-18)22(31)28(11-4-12-30)23(32)27(21)3/h5-10,13,20,30H,4,11-12,14H2,1-3H3. The van der Waals surface area contributed by atoms with Crippen molar-refractivity contribution in [2.75, 3.05) is 23.5 Å². The van der Waals surface area contributed by atoms with Crippen LogP contribution in [-0.2, 0) is 20.1 Å². The van der Waals surface area contributed by atoms with E-state index in [0.717, 1.165) is 16.8 Å². The summed E-state index contributed by atoms with van der Waals surface area (Å²) in [6.07, 6.45) is 1.61. The normalized spacial score (nSPS) is 15.3. The molecule has 2 aromatic heterocycles. The minimum Gasteiger partial charge on any atom is -0.396 e. The van der Waals surface area contributed by atoms with Crippen LogP contribution >= 0.6 is 11.6 Å². The fourth-order valence-corrected chi connectivity index (χ4v) is 4.36. The van der Waals surface area contributed by atoms with E-state index in [2.05, 4.69) is 4.98 Å². The summed E-state index contributed by atoms with van der Waals surface area (Å²) in [7, 11) is 3.55. The molecule has 32 heavy (non-hydrogen) atoms.